The molecule has 0 saturated carbocycles. The van der Waals surface area contributed by atoms with Gasteiger partial charge in [0, 0.05) is 11.1 Å². The molecule has 6 nitrogen and oxygen atoms in total. The van der Waals surface area contributed by atoms with Crippen LogP contribution < -0.4 is 5.56 Å². The lowest BCUT2D eigenvalue weighted by molar-refractivity contribution is -0.172. The molecule has 1 unspecified atom stereocenters. The van der Waals surface area contributed by atoms with E-state index < -0.39 is 11.6 Å². The average Bonchev–Trinajstić information content (AvgIpc) is 3.21. The minimum absolute atomic E-state index is 0.121. The summed E-state index contributed by atoms with van der Waals surface area (Å²) in [6, 6.07) is 12.0. The second-order valence-electron chi connectivity index (χ2n) is 9.22. The molecule has 0 radical (unpaired) electrons. The van der Waals surface area contributed by atoms with Crippen molar-refractivity contribution >= 4 is 12.0 Å². The van der Waals surface area contributed by atoms with Gasteiger partial charge in [-0.2, -0.15) is 0 Å². The van der Waals surface area contributed by atoms with Gasteiger partial charge in [0.25, 0.3) is 5.56 Å². The first-order chi connectivity index (χ1) is 16.4. The molecule has 3 aromatic rings. The van der Waals surface area contributed by atoms with E-state index in [0.717, 1.165) is 40.1 Å². The zero-order chi connectivity index (χ0) is 23.6. The highest BCUT2D eigenvalue weighted by atomic mass is 16.6. The number of benzene rings is 1. The van der Waals surface area contributed by atoms with Crippen LogP contribution >= 0.6 is 0 Å². The van der Waals surface area contributed by atoms with Gasteiger partial charge in [-0.05, 0) is 48.1 Å². The third kappa shape index (κ3) is 2.88. The summed E-state index contributed by atoms with van der Waals surface area (Å²) in [6.45, 7) is 6.12. The summed E-state index contributed by atoms with van der Waals surface area (Å²) in [5.41, 5.74) is 6.37. The van der Waals surface area contributed by atoms with Crippen molar-refractivity contribution in [2.24, 2.45) is 0 Å². The summed E-state index contributed by atoms with van der Waals surface area (Å²) in [5, 5.41) is 11.1. The molecule has 1 aromatic carbocycles. The lowest BCUT2D eigenvalue weighted by Crippen LogP contribution is -2.44. The van der Waals surface area contributed by atoms with Crippen LogP contribution in [0.2, 0.25) is 0 Å². The van der Waals surface area contributed by atoms with Gasteiger partial charge in [-0.15, -0.1) is 0 Å². The molecule has 2 aliphatic heterocycles. The predicted octanol–water partition coefficient (Wildman–Crippen LogP) is 3.64. The highest BCUT2D eigenvalue weighted by Crippen LogP contribution is 2.41. The number of rotatable bonds is 3. The molecule has 0 fully saturated rings. The summed E-state index contributed by atoms with van der Waals surface area (Å²) < 4.78 is 6.89. The average molecular weight is 453 g/mol. The number of carbonyl (C=O) groups excluding carboxylic acids is 1. The summed E-state index contributed by atoms with van der Waals surface area (Å²) in [7, 11) is 0. The van der Waals surface area contributed by atoms with E-state index in [1.807, 2.05) is 30.4 Å². The van der Waals surface area contributed by atoms with Crippen molar-refractivity contribution in [1.29, 1.82) is 0 Å². The SMILES string of the molecule is C=C1C=Cc2nc3c(c(Cc4ccccc4)c2C1)Cn1c-3cc2c(c1=O)COC(=O)C2(O)CC. The van der Waals surface area contributed by atoms with Crippen molar-refractivity contribution in [2.75, 3.05) is 0 Å². The highest BCUT2D eigenvalue weighted by molar-refractivity contribution is 5.84. The highest BCUT2D eigenvalue weighted by Gasteiger charge is 2.45. The number of pyridine rings is 2. The number of hydrogen-bond donors (Lipinski definition) is 1. The molecule has 170 valence electrons. The molecule has 4 heterocycles. The minimum atomic E-state index is -1.83. The first-order valence-electron chi connectivity index (χ1n) is 11.5. The van der Waals surface area contributed by atoms with Crippen molar-refractivity contribution in [3.05, 3.63) is 104 Å². The van der Waals surface area contributed by atoms with Gasteiger partial charge in [-0.3, -0.25) is 4.79 Å². The van der Waals surface area contributed by atoms with E-state index in [4.69, 9.17) is 9.72 Å². The molecule has 0 spiro atoms. The van der Waals surface area contributed by atoms with Gasteiger partial charge in [-0.25, -0.2) is 9.78 Å². The molecule has 1 atom stereocenters. The van der Waals surface area contributed by atoms with E-state index in [9.17, 15) is 14.7 Å². The number of fused-ring (bicyclic) bond motifs is 5. The van der Waals surface area contributed by atoms with Crippen LogP contribution in [0.1, 0.15) is 52.4 Å². The molecule has 6 rings (SSSR count). The number of ether oxygens (including phenoxy) is 1. The summed E-state index contributed by atoms with van der Waals surface area (Å²) in [4.78, 5) is 30.9. The van der Waals surface area contributed by atoms with Crippen LogP contribution in [0.3, 0.4) is 0 Å². The van der Waals surface area contributed by atoms with Crippen LogP contribution in [-0.2, 0) is 41.1 Å². The van der Waals surface area contributed by atoms with Crippen LogP contribution in [0.15, 0.2) is 59.4 Å². The van der Waals surface area contributed by atoms with Crippen molar-refractivity contribution < 1.29 is 14.6 Å². The van der Waals surface area contributed by atoms with Crippen LogP contribution in [0.4, 0.5) is 0 Å². The number of carbonyl (C=O) groups is 1. The molecule has 0 bridgehead atoms. The van der Waals surface area contributed by atoms with E-state index in [1.54, 1.807) is 17.6 Å². The van der Waals surface area contributed by atoms with Crippen LogP contribution in [0.5, 0.6) is 0 Å². The Bertz CT molecular complexity index is 1480. The monoisotopic (exact) mass is 452 g/mol. The van der Waals surface area contributed by atoms with Gasteiger partial charge < -0.3 is 14.4 Å². The Kier molecular flexibility index (Phi) is 4.51. The Morgan fingerprint density at radius 3 is 2.71 bits per heavy atom. The largest absolute Gasteiger partial charge is 0.458 e. The first-order valence-corrected chi connectivity index (χ1v) is 11.5. The second kappa shape index (κ2) is 7.37. The number of aliphatic hydroxyl groups is 1. The maximum absolute atomic E-state index is 13.5. The maximum atomic E-state index is 13.5. The molecule has 0 saturated heterocycles. The maximum Gasteiger partial charge on any atom is 0.343 e. The van der Waals surface area contributed by atoms with E-state index in [1.165, 1.54) is 5.56 Å². The Morgan fingerprint density at radius 1 is 1.15 bits per heavy atom. The zero-order valence-corrected chi connectivity index (χ0v) is 18.9. The molecule has 2 aromatic heterocycles. The summed E-state index contributed by atoms with van der Waals surface area (Å²) in [6.07, 6.45) is 5.52. The van der Waals surface area contributed by atoms with E-state index in [0.29, 0.717) is 29.8 Å². The Hall–Kier alpha value is -3.77. The molecule has 34 heavy (non-hydrogen) atoms. The van der Waals surface area contributed by atoms with Gasteiger partial charge in [0.1, 0.15) is 6.61 Å². The van der Waals surface area contributed by atoms with Gasteiger partial charge in [0.2, 0.25) is 0 Å². The van der Waals surface area contributed by atoms with Crippen molar-refractivity contribution in [3.8, 4) is 11.4 Å². The Morgan fingerprint density at radius 2 is 1.94 bits per heavy atom. The van der Waals surface area contributed by atoms with E-state index in [2.05, 4.69) is 18.7 Å². The number of cyclic esters (lactones) is 1. The molecule has 6 heteroatoms. The fraction of sp³-hybridized carbons (Fsp3) is 0.250. The molecule has 1 N–H and O–H groups in total. The Labute approximate surface area is 196 Å². The van der Waals surface area contributed by atoms with Crippen molar-refractivity contribution in [1.82, 2.24) is 9.55 Å². The fourth-order valence-electron chi connectivity index (χ4n) is 5.36. The van der Waals surface area contributed by atoms with Gasteiger partial charge in [0.05, 0.1) is 29.2 Å². The lowest BCUT2D eigenvalue weighted by atomic mass is 9.85. The number of allylic oxidation sites excluding steroid dienone is 2. The smallest absolute Gasteiger partial charge is 0.343 e. The zero-order valence-electron chi connectivity index (χ0n) is 18.9. The predicted molar refractivity (Wildman–Crippen MR) is 128 cm³/mol. The van der Waals surface area contributed by atoms with Crippen molar-refractivity contribution in [3.63, 3.8) is 0 Å². The number of nitrogens with zero attached hydrogens (tertiary/aromatic N) is 2. The molecular weight excluding hydrogens is 428 g/mol. The number of esters is 1. The molecular formula is C28H24N2O4. The quantitative estimate of drug-likeness (QED) is 0.480. The van der Waals surface area contributed by atoms with Crippen molar-refractivity contribution in [2.45, 2.75) is 44.9 Å². The number of hydrogen-bond acceptors (Lipinski definition) is 5. The van der Waals surface area contributed by atoms with Crippen LogP contribution in [0.25, 0.3) is 17.5 Å². The molecule has 3 aliphatic rings. The van der Waals surface area contributed by atoms with Crippen LogP contribution in [-0.4, -0.2) is 20.6 Å². The topological polar surface area (TPSA) is 81.4 Å². The molecule has 0 amide bonds. The third-order valence-electron chi connectivity index (χ3n) is 7.26. The molecule has 1 aliphatic carbocycles. The van der Waals surface area contributed by atoms with Crippen LogP contribution in [0, 0.1) is 0 Å². The summed E-state index contributed by atoms with van der Waals surface area (Å²) in [5.74, 6) is -0.713. The normalized spacial score (nSPS) is 19.8. The van der Waals surface area contributed by atoms with Gasteiger partial charge in [-0.1, -0.05) is 55.5 Å². The van der Waals surface area contributed by atoms with Gasteiger partial charge in [0.15, 0.2) is 5.60 Å². The van der Waals surface area contributed by atoms with Gasteiger partial charge >= 0.3 is 5.97 Å². The minimum Gasteiger partial charge on any atom is -0.458 e. The second-order valence-corrected chi connectivity index (χ2v) is 9.22. The first kappa shape index (κ1) is 20.8. The fourth-order valence-corrected chi connectivity index (χ4v) is 5.36. The lowest BCUT2D eigenvalue weighted by Gasteiger charge is -2.31. The van der Waals surface area contributed by atoms with E-state index >= 15 is 0 Å². The third-order valence-corrected chi connectivity index (χ3v) is 7.26. The standard InChI is InChI=1S/C28H24N2O4/c1-3-28(33)22-13-24-25-20(14-30(24)26(31)21(22)15-34-27(28)32)18(12-17-7-5-4-6-8-17)19-11-16(2)9-10-23(19)29-25/h4-10,13,33H,2-3,11-12,14-15H2,1H3. The number of aromatic nitrogens is 2. The van der Waals surface area contributed by atoms with E-state index in [-0.39, 0.29) is 18.6 Å². The Balaban J connectivity index is 1.60. The summed E-state index contributed by atoms with van der Waals surface area (Å²) >= 11 is 0.